The first-order valence-electron chi connectivity index (χ1n) is 5.49. The van der Waals surface area contributed by atoms with Gasteiger partial charge in [0.2, 0.25) is 0 Å². The Bertz CT molecular complexity index is 521. The molecule has 1 aromatic carbocycles. The first kappa shape index (κ1) is 15.9. The summed E-state index contributed by atoms with van der Waals surface area (Å²) >= 11 is 0. The molecular formula is C13H13F3O4. The van der Waals surface area contributed by atoms with Gasteiger partial charge in [0, 0.05) is 6.08 Å². The summed E-state index contributed by atoms with van der Waals surface area (Å²) in [6.45, 7) is 0. The van der Waals surface area contributed by atoms with Gasteiger partial charge in [-0.15, -0.1) is 0 Å². The van der Waals surface area contributed by atoms with Crippen molar-refractivity contribution >= 4 is 11.5 Å². The molecule has 0 aliphatic carbocycles. The second-order valence-corrected chi connectivity index (χ2v) is 3.87. The van der Waals surface area contributed by atoms with E-state index < -0.39 is 18.6 Å². The zero-order valence-electron chi connectivity index (χ0n) is 10.8. The van der Waals surface area contributed by atoms with Crippen molar-refractivity contribution < 1.29 is 32.5 Å². The number of benzene rings is 1. The molecule has 7 heteroatoms. The van der Waals surface area contributed by atoms with Gasteiger partial charge in [-0.05, 0) is 23.3 Å². The third-order valence-corrected chi connectivity index (χ3v) is 2.44. The first-order valence-corrected chi connectivity index (χ1v) is 5.49. The third-order valence-electron chi connectivity index (χ3n) is 2.44. The van der Waals surface area contributed by atoms with Crippen LogP contribution in [-0.4, -0.2) is 31.5 Å². The number of halogens is 3. The van der Waals surface area contributed by atoms with Gasteiger partial charge in [-0.25, -0.2) is 4.79 Å². The molecule has 0 fully saturated rings. The van der Waals surface area contributed by atoms with Crippen LogP contribution in [0.5, 0.6) is 11.5 Å². The molecule has 0 aliphatic rings. The smallest absolute Gasteiger partial charge is 0.393 e. The number of rotatable bonds is 5. The average molecular weight is 290 g/mol. The van der Waals surface area contributed by atoms with E-state index in [1.54, 1.807) is 0 Å². The Hall–Kier alpha value is -2.18. The van der Waals surface area contributed by atoms with E-state index in [2.05, 4.69) is 0 Å². The maximum atomic E-state index is 12.5. The van der Waals surface area contributed by atoms with Crippen molar-refractivity contribution in [2.24, 2.45) is 0 Å². The second kappa shape index (κ2) is 6.31. The zero-order valence-corrected chi connectivity index (χ0v) is 10.8. The van der Waals surface area contributed by atoms with Crippen molar-refractivity contribution in [1.29, 1.82) is 0 Å². The maximum Gasteiger partial charge on any atom is 0.393 e. The van der Waals surface area contributed by atoms with Gasteiger partial charge in [0.15, 0.2) is 11.5 Å². The van der Waals surface area contributed by atoms with Crippen LogP contribution in [0.2, 0.25) is 0 Å². The summed E-state index contributed by atoms with van der Waals surface area (Å²) in [6, 6.07) is 4.07. The van der Waals surface area contributed by atoms with E-state index >= 15 is 0 Å². The van der Waals surface area contributed by atoms with Gasteiger partial charge in [-0.3, -0.25) is 0 Å². The Morgan fingerprint density at radius 1 is 1.25 bits per heavy atom. The van der Waals surface area contributed by atoms with Crippen molar-refractivity contribution in [3.8, 4) is 11.5 Å². The molecule has 0 heterocycles. The Morgan fingerprint density at radius 3 is 2.30 bits per heavy atom. The average Bonchev–Trinajstić information content (AvgIpc) is 2.35. The van der Waals surface area contributed by atoms with Crippen molar-refractivity contribution in [3.63, 3.8) is 0 Å². The number of carboxylic acid groups (broad SMARTS) is 1. The monoisotopic (exact) mass is 290 g/mol. The van der Waals surface area contributed by atoms with Crippen LogP contribution in [0.15, 0.2) is 24.3 Å². The quantitative estimate of drug-likeness (QED) is 0.846. The minimum absolute atomic E-state index is 0.113. The van der Waals surface area contributed by atoms with Crippen molar-refractivity contribution in [3.05, 3.63) is 29.8 Å². The maximum absolute atomic E-state index is 12.5. The van der Waals surface area contributed by atoms with Gasteiger partial charge in [-0.2, -0.15) is 13.2 Å². The normalized spacial score (nSPS) is 12.2. The fourth-order valence-corrected chi connectivity index (χ4v) is 1.64. The van der Waals surface area contributed by atoms with E-state index in [0.717, 1.165) is 0 Å². The lowest BCUT2D eigenvalue weighted by Gasteiger charge is -2.13. The predicted molar refractivity (Wildman–Crippen MR) is 65.8 cm³/mol. The van der Waals surface area contributed by atoms with E-state index in [1.807, 2.05) is 0 Å². The highest BCUT2D eigenvalue weighted by molar-refractivity contribution is 5.90. The molecule has 4 nitrogen and oxygen atoms in total. The highest BCUT2D eigenvalue weighted by atomic mass is 19.4. The van der Waals surface area contributed by atoms with Gasteiger partial charge in [0.25, 0.3) is 0 Å². The molecule has 0 radical (unpaired) electrons. The Balaban J connectivity index is 3.24. The molecule has 1 aromatic rings. The molecule has 1 N–H and O–H groups in total. The molecule has 0 saturated carbocycles. The van der Waals surface area contributed by atoms with E-state index in [1.165, 1.54) is 32.4 Å². The molecule has 0 saturated heterocycles. The van der Waals surface area contributed by atoms with E-state index in [9.17, 15) is 18.0 Å². The molecule has 0 atom stereocenters. The largest absolute Gasteiger partial charge is 0.493 e. The van der Waals surface area contributed by atoms with E-state index in [4.69, 9.17) is 14.6 Å². The zero-order chi connectivity index (χ0) is 15.3. The second-order valence-electron chi connectivity index (χ2n) is 3.87. The van der Waals surface area contributed by atoms with Gasteiger partial charge < -0.3 is 14.6 Å². The molecule has 0 aliphatic heterocycles. The Kier molecular flexibility index (Phi) is 5.01. The van der Waals surface area contributed by atoms with Crippen molar-refractivity contribution in [2.75, 3.05) is 14.2 Å². The molecule has 0 amide bonds. The van der Waals surface area contributed by atoms with Crippen LogP contribution in [0, 0.1) is 0 Å². The molecule has 0 spiro atoms. The van der Waals surface area contributed by atoms with Gasteiger partial charge >= 0.3 is 12.1 Å². The number of hydrogen-bond donors (Lipinski definition) is 1. The van der Waals surface area contributed by atoms with E-state index in [-0.39, 0.29) is 16.9 Å². The van der Waals surface area contributed by atoms with Crippen LogP contribution in [0.25, 0.3) is 5.57 Å². The molecule has 0 unspecified atom stereocenters. The van der Waals surface area contributed by atoms with Crippen LogP contribution in [0.1, 0.15) is 12.0 Å². The summed E-state index contributed by atoms with van der Waals surface area (Å²) in [5.41, 5.74) is -0.242. The fourth-order valence-electron chi connectivity index (χ4n) is 1.64. The van der Waals surface area contributed by atoms with Gasteiger partial charge in [0.1, 0.15) is 0 Å². The summed E-state index contributed by atoms with van der Waals surface area (Å²) < 4.78 is 47.4. The van der Waals surface area contributed by atoms with Crippen LogP contribution in [0.4, 0.5) is 13.2 Å². The van der Waals surface area contributed by atoms with Crippen molar-refractivity contribution in [1.82, 2.24) is 0 Å². The highest BCUT2D eigenvalue weighted by Crippen LogP contribution is 2.35. The molecule has 0 bridgehead atoms. The number of aliphatic carboxylic acids is 1. The number of alkyl halides is 3. The predicted octanol–water partition coefficient (Wildman–Crippen LogP) is 3.12. The number of ether oxygens (including phenoxy) is 2. The Morgan fingerprint density at radius 2 is 1.85 bits per heavy atom. The minimum Gasteiger partial charge on any atom is -0.493 e. The molecule has 110 valence electrons. The summed E-state index contributed by atoms with van der Waals surface area (Å²) in [6.07, 6.45) is -5.31. The number of carbonyl (C=O) groups is 1. The topological polar surface area (TPSA) is 55.8 Å². The number of allylic oxidation sites excluding steroid dienone is 1. The summed E-state index contributed by atoms with van der Waals surface area (Å²) in [4.78, 5) is 10.6. The molecule has 0 aromatic heterocycles. The van der Waals surface area contributed by atoms with E-state index in [0.29, 0.717) is 11.8 Å². The standard InChI is InChI=1S/C13H13F3O4/c1-19-10-4-3-8(5-11(10)20-2)9(6-12(17)18)7-13(14,15)16/h3-6H,7H2,1-2H3,(H,17,18)/b9-6+. The summed E-state index contributed by atoms with van der Waals surface area (Å²) in [7, 11) is 2.73. The van der Waals surface area contributed by atoms with Gasteiger partial charge in [-0.1, -0.05) is 6.07 Å². The molecule has 20 heavy (non-hydrogen) atoms. The summed E-state index contributed by atoms with van der Waals surface area (Å²) in [5, 5.41) is 8.67. The third kappa shape index (κ3) is 4.49. The van der Waals surface area contributed by atoms with Crippen LogP contribution in [-0.2, 0) is 4.79 Å². The highest BCUT2D eigenvalue weighted by Gasteiger charge is 2.30. The lowest BCUT2D eigenvalue weighted by molar-refractivity contribution is -0.131. The number of hydrogen-bond acceptors (Lipinski definition) is 3. The number of carboxylic acids is 1. The Labute approximate surface area is 113 Å². The fraction of sp³-hybridized carbons (Fsp3) is 0.308. The van der Waals surface area contributed by atoms with Crippen LogP contribution >= 0.6 is 0 Å². The SMILES string of the molecule is COc1ccc(/C(=C/C(=O)O)CC(F)(F)F)cc1OC. The lowest BCUT2D eigenvalue weighted by Crippen LogP contribution is -2.09. The molecular weight excluding hydrogens is 277 g/mol. The minimum atomic E-state index is -4.51. The lowest BCUT2D eigenvalue weighted by atomic mass is 10.0. The van der Waals surface area contributed by atoms with Crippen LogP contribution in [0.3, 0.4) is 0 Å². The number of methoxy groups -OCH3 is 2. The first-order chi connectivity index (χ1) is 9.26. The molecule has 1 rings (SSSR count). The summed E-state index contributed by atoms with van der Waals surface area (Å²) in [5.74, 6) is -0.875. The van der Waals surface area contributed by atoms with Gasteiger partial charge in [0.05, 0.1) is 20.6 Å². The van der Waals surface area contributed by atoms with Crippen molar-refractivity contribution in [2.45, 2.75) is 12.6 Å². The van der Waals surface area contributed by atoms with Crippen LogP contribution < -0.4 is 9.47 Å².